The lowest BCUT2D eigenvalue weighted by Gasteiger charge is -2.37. The molecule has 0 aromatic rings. The Labute approximate surface area is 62.2 Å². The summed E-state index contributed by atoms with van der Waals surface area (Å²) >= 11 is 0. The van der Waals surface area contributed by atoms with Crippen molar-refractivity contribution < 1.29 is 0 Å². The topological polar surface area (TPSA) is 35.8 Å². The number of rotatable bonds is 2. The van der Waals surface area contributed by atoms with E-state index in [1.807, 2.05) is 14.0 Å². The van der Waals surface area contributed by atoms with E-state index < -0.39 is 0 Å². The number of nitriles is 1. The summed E-state index contributed by atoms with van der Waals surface area (Å²) in [5.74, 6) is 0.834. The van der Waals surface area contributed by atoms with Gasteiger partial charge >= 0.3 is 0 Å². The maximum atomic E-state index is 8.61. The van der Waals surface area contributed by atoms with Crippen LogP contribution in [0.1, 0.15) is 19.8 Å². The highest BCUT2D eigenvalue weighted by atomic mass is 14.9. The Kier molecular flexibility index (Phi) is 2.29. The first-order valence-corrected chi connectivity index (χ1v) is 3.86. The molecule has 10 heavy (non-hydrogen) atoms. The highest BCUT2D eigenvalue weighted by Crippen LogP contribution is 2.33. The van der Waals surface area contributed by atoms with Crippen LogP contribution in [0.15, 0.2) is 0 Å². The molecule has 1 aliphatic carbocycles. The van der Waals surface area contributed by atoms with Gasteiger partial charge in [-0.2, -0.15) is 5.26 Å². The molecule has 2 nitrogen and oxygen atoms in total. The molecule has 0 aromatic heterocycles. The van der Waals surface area contributed by atoms with Crippen molar-refractivity contribution in [3.8, 4) is 6.07 Å². The maximum absolute atomic E-state index is 8.61. The van der Waals surface area contributed by atoms with E-state index in [1.165, 1.54) is 12.8 Å². The number of nitrogens with one attached hydrogen (secondary N) is 1. The van der Waals surface area contributed by atoms with Gasteiger partial charge in [0.15, 0.2) is 0 Å². The predicted molar refractivity (Wildman–Crippen MR) is 40.3 cm³/mol. The zero-order valence-electron chi connectivity index (χ0n) is 6.59. The van der Waals surface area contributed by atoms with Crippen molar-refractivity contribution in [2.45, 2.75) is 25.8 Å². The molecule has 1 fully saturated rings. The van der Waals surface area contributed by atoms with Gasteiger partial charge in [0.2, 0.25) is 0 Å². The second-order valence-electron chi connectivity index (χ2n) is 3.05. The van der Waals surface area contributed by atoms with Gasteiger partial charge in [-0.15, -0.1) is 0 Å². The second-order valence-corrected chi connectivity index (χ2v) is 3.05. The number of hydrogen-bond acceptors (Lipinski definition) is 2. The van der Waals surface area contributed by atoms with Crippen LogP contribution in [-0.4, -0.2) is 13.1 Å². The molecule has 56 valence electrons. The zero-order valence-corrected chi connectivity index (χ0v) is 6.59. The largest absolute Gasteiger partial charge is 0.317 e. The molecule has 0 aliphatic heterocycles. The van der Waals surface area contributed by atoms with Crippen molar-refractivity contribution in [3.05, 3.63) is 0 Å². The van der Waals surface area contributed by atoms with Crippen molar-refractivity contribution in [1.29, 1.82) is 5.26 Å². The summed E-state index contributed by atoms with van der Waals surface area (Å²) in [5, 5.41) is 11.8. The van der Waals surface area contributed by atoms with Crippen LogP contribution >= 0.6 is 0 Å². The van der Waals surface area contributed by atoms with Crippen molar-refractivity contribution in [1.82, 2.24) is 5.32 Å². The third-order valence-electron chi connectivity index (χ3n) is 2.54. The van der Waals surface area contributed by atoms with Gasteiger partial charge in [0.25, 0.3) is 0 Å². The van der Waals surface area contributed by atoms with E-state index in [-0.39, 0.29) is 5.92 Å². The molecule has 1 N–H and O–H groups in total. The van der Waals surface area contributed by atoms with E-state index in [1.54, 1.807) is 0 Å². The first kappa shape index (κ1) is 7.56. The van der Waals surface area contributed by atoms with Gasteiger partial charge in [-0.3, -0.25) is 0 Å². The fourth-order valence-electron chi connectivity index (χ4n) is 1.58. The normalized spacial score (nSPS) is 34.1. The smallest absolute Gasteiger partial charge is 0.0656 e. The van der Waals surface area contributed by atoms with Crippen molar-refractivity contribution in [2.24, 2.45) is 11.8 Å². The van der Waals surface area contributed by atoms with Crippen molar-refractivity contribution >= 4 is 0 Å². The van der Waals surface area contributed by atoms with Crippen molar-refractivity contribution in [2.75, 3.05) is 7.05 Å². The fraction of sp³-hybridized carbons (Fsp3) is 0.875. The molecular weight excluding hydrogens is 124 g/mol. The van der Waals surface area contributed by atoms with Gasteiger partial charge in [0.1, 0.15) is 0 Å². The molecule has 0 heterocycles. The third-order valence-corrected chi connectivity index (χ3v) is 2.54. The molecule has 0 aromatic carbocycles. The van der Waals surface area contributed by atoms with Crippen LogP contribution in [0.2, 0.25) is 0 Å². The minimum Gasteiger partial charge on any atom is -0.317 e. The number of hydrogen-bond donors (Lipinski definition) is 1. The van der Waals surface area contributed by atoms with E-state index >= 15 is 0 Å². The molecular formula is C8H14N2. The maximum Gasteiger partial charge on any atom is 0.0656 e. The zero-order chi connectivity index (χ0) is 7.56. The lowest BCUT2D eigenvalue weighted by molar-refractivity contribution is 0.180. The average molecular weight is 138 g/mol. The quantitative estimate of drug-likeness (QED) is 0.621. The molecule has 1 saturated carbocycles. The average Bonchev–Trinajstić information content (AvgIpc) is 1.86. The van der Waals surface area contributed by atoms with Crippen LogP contribution in [0, 0.1) is 23.2 Å². The minimum atomic E-state index is 0.228. The first-order valence-electron chi connectivity index (χ1n) is 3.86. The summed E-state index contributed by atoms with van der Waals surface area (Å²) in [4.78, 5) is 0. The Balaban J connectivity index is 2.37. The fourth-order valence-corrected chi connectivity index (χ4v) is 1.58. The van der Waals surface area contributed by atoms with E-state index in [0.717, 1.165) is 0 Å². The van der Waals surface area contributed by atoms with Crippen LogP contribution in [0.5, 0.6) is 0 Å². The standard InChI is InChI=1S/C8H14N2/c1-6(5-9)7-3-4-8(7)10-2/h6-8,10H,3-4H2,1-2H3/t6?,7-,8?/m1/s1. The Morgan fingerprint density at radius 3 is 2.60 bits per heavy atom. The summed E-state index contributed by atoms with van der Waals surface area (Å²) in [7, 11) is 1.97. The predicted octanol–water partition coefficient (Wildman–Crippen LogP) is 1.14. The molecule has 3 atom stereocenters. The molecule has 0 radical (unpaired) electrons. The van der Waals surface area contributed by atoms with Crippen molar-refractivity contribution in [3.63, 3.8) is 0 Å². The highest BCUT2D eigenvalue weighted by molar-refractivity contribution is 4.96. The van der Waals surface area contributed by atoms with E-state index in [9.17, 15) is 0 Å². The van der Waals surface area contributed by atoms with Gasteiger partial charge in [0.05, 0.1) is 6.07 Å². The summed E-state index contributed by atoms with van der Waals surface area (Å²) in [6.07, 6.45) is 2.47. The summed E-state index contributed by atoms with van der Waals surface area (Å²) in [5.41, 5.74) is 0. The van der Waals surface area contributed by atoms with E-state index in [0.29, 0.717) is 12.0 Å². The molecule has 2 heteroatoms. The molecule has 1 rings (SSSR count). The molecule has 0 spiro atoms. The van der Waals surface area contributed by atoms with E-state index in [4.69, 9.17) is 5.26 Å². The molecule has 0 bridgehead atoms. The second kappa shape index (κ2) is 3.03. The van der Waals surface area contributed by atoms with Gasteiger partial charge in [-0.05, 0) is 32.7 Å². The summed E-state index contributed by atoms with van der Waals surface area (Å²) < 4.78 is 0. The van der Waals surface area contributed by atoms with Crippen LogP contribution in [0.3, 0.4) is 0 Å². The lowest BCUT2D eigenvalue weighted by atomic mass is 9.73. The van der Waals surface area contributed by atoms with E-state index in [2.05, 4.69) is 11.4 Å². The summed E-state index contributed by atoms with van der Waals surface area (Å²) in [6.45, 7) is 2.01. The molecule has 0 amide bonds. The first-order chi connectivity index (χ1) is 4.79. The molecule has 0 saturated heterocycles. The third kappa shape index (κ3) is 1.15. The molecule has 1 aliphatic rings. The van der Waals surface area contributed by atoms with Gasteiger partial charge in [0, 0.05) is 12.0 Å². The summed E-state index contributed by atoms with van der Waals surface area (Å²) in [6, 6.07) is 2.90. The Morgan fingerprint density at radius 1 is 1.60 bits per heavy atom. The highest BCUT2D eigenvalue weighted by Gasteiger charge is 2.33. The molecule has 2 unspecified atom stereocenters. The number of nitrogens with zero attached hydrogens (tertiary/aromatic N) is 1. The SMILES string of the molecule is CNC1CC[C@@H]1C(C)C#N. The Morgan fingerprint density at radius 2 is 2.30 bits per heavy atom. The van der Waals surface area contributed by atoms with Crippen LogP contribution in [0.4, 0.5) is 0 Å². The monoisotopic (exact) mass is 138 g/mol. The minimum absolute atomic E-state index is 0.228. The van der Waals surface area contributed by atoms with Crippen LogP contribution in [-0.2, 0) is 0 Å². The Bertz CT molecular complexity index is 146. The Hall–Kier alpha value is -0.550. The van der Waals surface area contributed by atoms with Crippen LogP contribution in [0.25, 0.3) is 0 Å². The van der Waals surface area contributed by atoms with Gasteiger partial charge in [-0.25, -0.2) is 0 Å². The van der Waals surface area contributed by atoms with Crippen LogP contribution < -0.4 is 5.32 Å². The lowest BCUT2D eigenvalue weighted by Crippen LogP contribution is -2.44. The van der Waals surface area contributed by atoms with Gasteiger partial charge in [-0.1, -0.05) is 0 Å². The van der Waals surface area contributed by atoms with Gasteiger partial charge < -0.3 is 5.32 Å².